The molecule has 0 aromatic heterocycles. The van der Waals surface area contributed by atoms with Crippen molar-refractivity contribution in [2.75, 3.05) is 0 Å². The number of nitrogens with two attached hydrogens (primary N) is 1. The van der Waals surface area contributed by atoms with Gasteiger partial charge in [0.2, 0.25) is 5.78 Å². The molecule has 0 rings (SSSR count). The summed E-state index contributed by atoms with van der Waals surface area (Å²) in [5.74, 6) is -4.37. The van der Waals surface area contributed by atoms with Crippen molar-refractivity contribution in [1.82, 2.24) is 0 Å². The minimum Gasteiger partial charge on any atom is -0.480 e. The molecule has 0 aliphatic carbocycles. The Kier molecular flexibility index (Phi) is 5.18. The zero-order valence-corrected chi connectivity index (χ0v) is 8.06. The highest BCUT2D eigenvalue weighted by Crippen LogP contribution is 1.98. The quantitative estimate of drug-likeness (QED) is 0.338. The van der Waals surface area contributed by atoms with Crippen LogP contribution < -0.4 is 5.73 Å². The molecule has 0 saturated carbocycles. The molecule has 0 fully saturated rings. The number of carbonyl (C=O) groups excluding carboxylic acids is 3. The Morgan fingerprint density at radius 3 is 2.27 bits per heavy atom. The van der Waals surface area contributed by atoms with Crippen LogP contribution in [0.5, 0.6) is 0 Å². The Morgan fingerprint density at radius 1 is 1.33 bits per heavy atom. The van der Waals surface area contributed by atoms with Crippen LogP contribution in [0, 0.1) is 0 Å². The van der Waals surface area contributed by atoms with Crippen LogP contribution in [0.15, 0.2) is 0 Å². The van der Waals surface area contributed by atoms with Crippen molar-refractivity contribution in [3.05, 3.63) is 0 Å². The first-order valence-corrected chi connectivity index (χ1v) is 4.08. The summed E-state index contributed by atoms with van der Waals surface area (Å²) in [6, 6.07) is -1.19. The van der Waals surface area contributed by atoms with E-state index in [1.807, 2.05) is 0 Å². The van der Waals surface area contributed by atoms with E-state index in [0.29, 0.717) is 0 Å². The van der Waals surface area contributed by atoms with E-state index in [1.54, 1.807) is 0 Å². The highest BCUT2D eigenvalue weighted by atomic mass is 16.6. The average Bonchev–Trinajstić information content (AvgIpc) is 2.13. The van der Waals surface area contributed by atoms with Gasteiger partial charge in [0.25, 0.3) is 0 Å². The molecule has 0 aliphatic rings. The molecule has 0 radical (unpaired) electrons. The molecule has 1 atom stereocenters. The number of hydrogen-bond donors (Lipinski definition) is 2. The number of Topliss-reactive ketones (excluding diaryl/α,β-unsaturated/α-hetero) is 1. The molecule has 0 aromatic rings. The number of carbonyl (C=O) groups is 4. The van der Waals surface area contributed by atoms with E-state index in [0.717, 1.165) is 6.92 Å². The molecule has 0 aliphatic heterocycles. The van der Waals surface area contributed by atoms with Gasteiger partial charge in [-0.1, -0.05) is 0 Å². The fraction of sp³-hybridized carbons (Fsp3) is 0.500. The summed E-state index contributed by atoms with van der Waals surface area (Å²) in [7, 11) is 0. The van der Waals surface area contributed by atoms with E-state index in [4.69, 9.17) is 10.8 Å². The number of esters is 2. The number of ketones is 1. The van der Waals surface area contributed by atoms with Crippen LogP contribution in [0.3, 0.4) is 0 Å². The van der Waals surface area contributed by atoms with Crippen molar-refractivity contribution >= 4 is 23.7 Å². The molecule has 7 nitrogen and oxygen atoms in total. The van der Waals surface area contributed by atoms with E-state index < -0.39 is 29.7 Å². The number of hydrogen-bond acceptors (Lipinski definition) is 6. The van der Waals surface area contributed by atoms with E-state index >= 15 is 0 Å². The molecule has 0 amide bonds. The van der Waals surface area contributed by atoms with Crippen LogP contribution in [-0.2, 0) is 23.9 Å². The van der Waals surface area contributed by atoms with Gasteiger partial charge in [-0.15, -0.1) is 0 Å². The second-order valence-electron chi connectivity index (χ2n) is 2.80. The highest BCUT2D eigenvalue weighted by molar-refractivity contribution is 6.34. The van der Waals surface area contributed by atoms with E-state index in [9.17, 15) is 19.2 Å². The summed E-state index contributed by atoms with van der Waals surface area (Å²) >= 11 is 0. The molecular weight excluding hydrogens is 206 g/mol. The number of carboxylic acids is 1. The molecule has 0 bridgehead atoms. The highest BCUT2D eigenvalue weighted by Gasteiger charge is 2.18. The van der Waals surface area contributed by atoms with Gasteiger partial charge in [-0.2, -0.15) is 0 Å². The van der Waals surface area contributed by atoms with Gasteiger partial charge in [0.05, 0.1) is 0 Å². The lowest BCUT2D eigenvalue weighted by Crippen LogP contribution is -2.31. The van der Waals surface area contributed by atoms with E-state index in [1.165, 1.54) is 0 Å². The standard InChI is InChI=1S/C8H11NO6/c1-4(10)8(14)15-6(11)3-2-5(9)7(12)13/h5H,2-3,9H2,1H3,(H,12,13)/t5-/m1/s1. The van der Waals surface area contributed by atoms with E-state index in [-0.39, 0.29) is 12.8 Å². The summed E-state index contributed by atoms with van der Waals surface area (Å²) in [6.07, 6.45) is -0.480. The molecular formula is C8H11NO6. The smallest absolute Gasteiger partial charge is 0.381 e. The maximum absolute atomic E-state index is 10.8. The van der Waals surface area contributed by atoms with Gasteiger partial charge in [-0.3, -0.25) is 14.4 Å². The maximum Gasteiger partial charge on any atom is 0.381 e. The third-order valence-electron chi connectivity index (χ3n) is 1.47. The van der Waals surface area contributed by atoms with Crippen LogP contribution in [0.2, 0.25) is 0 Å². The van der Waals surface area contributed by atoms with Gasteiger partial charge in [-0.25, -0.2) is 4.79 Å². The molecule has 0 saturated heterocycles. The zero-order chi connectivity index (χ0) is 12.0. The van der Waals surface area contributed by atoms with Gasteiger partial charge < -0.3 is 15.6 Å². The minimum atomic E-state index is -1.26. The first-order valence-electron chi connectivity index (χ1n) is 4.08. The third-order valence-corrected chi connectivity index (χ3v) is 1.47. The van der Waals surface area contributed by atoms with Crippen LogP contribution in [0.25, 0.3) is 0 Å². The lowest BCUT2D eigenvalue weighted by Gasteiger charge is -2.04. The molecule has 0 unspecified atom stereocenters. The summed E-state index contributed by atoms with van der Waals surface area (Å²) in [4.78, 5) is 42.1. The van der Waals surface area contributed by atoms with Crippen LogP contribution in [-0.4, -0.2) is 34.8 Å². The fourth-order valence-corrected chi connectivity index (χ4v) is 0.623. The number of rotatable bonds is 5. The number of carboxylic acid groups (broad SMARTS) is 1. The monoisotopic (exact) mass is 217 g/mol. The van der Waals surface area contributed by atoms with Crippen molar-refractivity contribution < 1.29 is 29.0 Å². The van der Waals surface area contributed by atoms with Gasteiger partial charge >= 0.3 is 17.9 Å². The average molecular weight is 217 g/mol. The van der Waals surface area contributed by atoms with Crippen LogP contribution in [0.4, 0.5) is 0 Å². The maximum atomic E-state index is 10.8. The molecule has 84 valence electrons. The Morgan fingerprint density at radius 2 is 1.87 bits per heavy atom. The summed E-state index contributed by atoms with van der Waals surface area (Å²) in [6.45, 7) is 0.957. The van der Waals surface area contributed by atoms with Gasteiger partial charge in [-0.05, 0) is 6.42 Å². The summed E-state index contributed by atoms with van der Waals surface area (Å²) in [5.41, 5.74) is 5.10. The molecule has 7 heteroatoms. The molecule has 3 N–H and O–H groups in total. The topological polar surface area (TPSA) is 124 Å². The van der Waals surface area contributed by atoms with Gasteiger partial charge in [0, 0.05) is 13.3 Å². The lowest BCUT2D eigenvalue weighted by molar-refractivity contribution is -0.163. The van der Waals surface area contributed by atoms with Crippen molar-refractivity contribution in [3.8, 4) is 0 Å². The normalized spacial score (nSPS) is 11.6. The van der Waals surface area contributed by atoms with Crippen molar-refractivity contribution in [1.29, 1.82) is 0 Å². The van der Waals surface area contributed by atoms with Crippen molar-refractivity contribution in [2.45, 2.75) is 25.8 Å². The largest absolute Gasteiger partial charge is 0.480 e. The second kappa shape index (κ2) is 5.86. The predicted octanol–water partition coefficient (Wildman–Crippen LogP) is -1.16. The molecule has 0 spiro atoms. The first kappa shape index (κ1) is 13.2. The predicted molar refractivity (Wildman–Crippen MR) is 46.6 cm³/mol. The number of ether oxygens (including phenoxy) is 1. The SMILES string of the molecule is CC(=O)C(=O)OC(=O)CC[C@@H](N)C(=O)O. The summed E-state index contributed by atoms with van der Waals surface area (Å²) < 4.78 is 4.07. The first-order chi connectivity index (χ1) is 6.84. The van der Waals surface area contributed by atoms with Crippen molar-refractivity contribution in [3.63, 3.8) is 0 Å². The Balaban J connectivity index is 3.91. The van der Waals surface area contributed by atoms with Gasteiger partial charge in [0.15, 0.2) is 0 Å². The van der Waals surface area contributed by atoms with Crippen LogP contribution in [0.1, 0.15) is 19.8 Å². The lowest BCUT2D eigenvalue weighted by atomic mass is 10.2. The van der Waals surface area contributed by atoms with Crippen LogP contribution >= 0.6 is 0 Å². The second-order valence-corrected chi connectivity index (χ2v) is 2.80. The Hall–Kier alpha value is -1.76. The molecule has 15 heavy (non-hydrogen) atoms. The molecule has 0 heterocycles. The minimum absolute atomic E-state index is 0.153. The zero-order valence-electron chi connectivity index (χ0n) is 8.06. The van der Waals surface area contributed by atoms with Gasteiger partial charge in [0.1, 0.15) is 6.04 Å². The fourth-order valence-electron chi connectivity index (χ4n) is 0.623. The van der Waals surface area contributed by atoms with E-state index in [2.05, 4.69) is 4.74 Å². The summed E-state index contributed by atoms with van der Waals surface area (Å²) in [5, 5.41) is 8.37. The van der Waals surface area contributed by atoms with Crippen molar-refractivity contribution in [2.24, 2.45) is 5.73 Å². The third kappa shape index (κ3) is 5.53. The Bertz CT molecular complexity index is 298. The molecule has 0 aromatic carbocycles. The number of aliphatic carboxylic acids is 1. The Labute approximate surface area is 85.2 Å².